The Morgan fingerprint density at radius 3 is 2.52 bits per heavy atom. The van der Waals surface area contributed by atoms with E-state index in [1.54, 1.807) is 4.90 Å². The van der Waals surface area contributed by atoms with Gasteiger partial charge in [0.2, 0.25) is 0 Å². The summed E-state index contributed by atoms with van der Waals surface area (Å²) >= 11 is 0. The minimum Gasteiger partial charge on any atom is -0.444 e. The molecule has 1 heterocycles. The van der Waals surface area contributed by atoms with Crippen LogP contribution in [0.5, 0.6) is 0 Å². The molecule has 1 saturated heterocycles. The molecule has 4 heteroatoms. The van der Waals surface area contributed by atoms with Crippen LogP contribution < -0.4 is 0 Å². The van der Waals surface area contributed by atoms with Crippen LogP contribution in [0.3, 0.4) is 0 Å². The number of ether oxygens (including phenoxy) is 1. The highest BCUT2D eigenvalue weighted by Crippen LogP contribution is 2.37. The first kappa shape index (κ1) is 15.8. The highest BCUT2D eigenvalue weighted by Gasteiger charge is 2.44. The lowest BCUT2D eigenvalue weighted by Crippen LogP contribution is -2.56. The molecule has 116 valence electrons. The number of aliphatic hydroxyl groups is 1. The maximum absolute atomic E-state index is 12.3. The lowest BCUT2D eigenvalue weighted by molar-refractivity contribution is -0.0826. The molecule has 21 heavy (non-hydrogen) atoms. The molecule has 0 spiro atoms. The van der Waals surface area contributed by atoms with Crippen LogP contribution in [0.15, 0.2) is 30.3 Å². The standard InChI is InChI=1S/C17H25NO3/c1-13-17(20,14-9-6-5-7-10-14)11-8-12-18(13)15(19)21-16(2,3)4/h5-7,9-10,13,20H,8,11-12H2,1-4H3. The minimum atomic E-state index is -1.02. The van der Waals surface area contributed by atoms with Crippen molar-refractivity contribution in [2.45, 2.75) is 57.8 Å². The number of hydrogen-bond donors (Lipinski definition) is 1. The molecule has 1 N–H and O–H groups in total. The summed E-state index contributed by atoms with van der Waals surface area (Å²) in [6.07, 6.45) is 1.05. The first-order valence-electron chi connectivity index (χ1n) is 7.51. The second-order valence-corrected chi connectivity index (χ2v) is 6.74. The van der Waals surface area contributed by atoms with Gasteiger partial charge in [0, 0.05) is 6.54 Å². The Balaban J connectivity index is 2.22. The van der Waals surface area contributed by atoms with Crippen molar-refractivity contribution in [3.8, 4) is 0 Å². The summed E-state index contributed by atoms with van der Waals surface area (Å²) in [4.78, 5) is 14.0. The normalized spacial score (nSPS) is 26.5. The zero-order chi connectivity index (χ0) is 15.7. The van der Waals surface area contributed by atoms with Gasteiger partial charge in [0.1, 0.15) is 11.2 Å². The molecular weight excluding hydrogens is 266 g/mol. The number of carbonyl (C=O) groups is 1. The van der Waals surface area contributed by atoms with E-state index in [1.165, 1.54) is 0 Å². The lowest BCUT2D eigenvalue weighted by Gasteiger charge is -2.45. The Bertz CT molecular complexity index is 495. The molecule has 0 radical (unpaired) electrons. The smallest absolute Gasteiger partial charge is 0.410 e. The van der Waals surface area contributed by atoms with Gasteiger partial charge in [0.15, 0.2) is 0 Å². The minimum absolute atomic E-state index is 0.316. The quantitative estimate of drug-likeness (QED) is 0.863. The molecular formula is C17H25NO3. The first-order valence-corrected chi connectivity index (χ1v) is 7.51. The van der Waals surface area contributed by atoms with Crippen molar-refractivity contribution in [2.75, 3.05) is 6.54 Å². The van der Waals surface area contributed by atoms with Gasteiger partial charge in [-0.2, -0.15) is 0 Å². The van der Waals surface area contributed by atoms with Gasteiger partial charge in [-0.1, -0.05) is 30.3 Å². The van der Waals surface area contributed by atoms with Crippen molar-refractivity contribution in [1.29, 1.82) is 0 Å². The van der Waals surface area contributed by atoms with E-state index in [2.05, 4.69) is 0 Å². The van der Waals surface area contributed by atoms with Gasteiger partial charge in [0.25, 0.3) is 0 Å². The summed E-state index contributed by atoms with van der Waals surface area (Å²) in [5.74, 6) is 0. The van der Waals surface area contributed by atoms with E-state index in [4.69, 9.17) is 4.74 Å². The number of likely N-dealkylation sites (tertiary alicyclic amines) is 1. The van der Waals surface area contributed by atoms with E-state index in [0.717, 1.165) is 12.0 Å². The van der Waals surface area contributed by atoms with Crippen molar-refractivity contribution < 1.29 is 14.6 Å². The van der Waals surface area contributed by atoms with Crippen LogP contribution in [-0.2, 0) is 10.3 Å². The Morgan fingerprint density at radius 2 is 1.95 bits per heavy atom. The zero-order valence-corrected chi connectivity index (χ0v) is 13.3. The highest BCUT2D eigenvalue weighted by atomic mass is 16.6. The van der Waals surface area contributed by atoms with E-state index in [0.29, 0.717) is 13.0 Å². The third kappa shape index (κ3) is 3.38. The zero-order valence-electron chi connectivity index (χ0n) is 13.3. The predicted octanol–water partition coefficient (Wildman–Crippen LogP) is 3.29. The molecule has 1 aliphatic rings. The Kier molecular flexibility index (Phi) is 4.28. The molecule has 0 saturated carbocycles. The largest absolute Gasteiger partial charge is 0.444 e. The molecule has 1 fully saturated rings. The van der Waals surface area contributed by atoms with Crippen molar-refractivity contribution in [1.82, 2.24) is 4.90 Å². The van der Waals surface area contributed by atoms with Crippen molar-refractivity contribution in [2.24, 2.45) is 0 Å². The first-order chi connectivity index (χ1) is 9.74. The van der Waals surface area contributed by atoms with Crippen molar-refractivity contribution >= 4 is 6.09 Å². The SMILES string of the molecule is CC1N(C(=O)OC(C)(C)C)CCCC1(O)c1ccccc1. The number of amides is 1. The molecule has 0 aromatic heterocycles. The monoisotopic (exact) mass is 291 g/mol. The Labute approximate surface area is 126 Å². The summed E-state index contributed by atoms with van der Waals surface area (Å²) in [5, 5.41) is 11.1. The molecule has 1 aliphatic heterocycles. The molecule has 1 aromatic carbocycles. The van der Waals surface area contributed by atoms with Gasteiger partial charge in [-0.05, 0) is 46.1 Å². The maximum atomic E-state index is 12.3. The predicted molar refractivity (Wildman–Crippen MR) is 82.0 cm³/mol. The number of hydrogen-bond acceptors (Lipinski definition) is 3. The fourth-order valence-corrected chi connectivity index (χ4v) is 2.86. The van der Waals surface area contributed by atoms with E-state index in [9.17, 15) is 9.90 Å². The summed E-state index contributed by atoms with van der Waals surface area (Å²) in [5.41, 5.74) is -0.694. The molecule has 1 aromatic rings. The summed E-state index contributed by atoms with van der Waals surface area (Å²) in [6, 6.07) is 9.25. The molecule has 0 bridgehead atoms. The maximum Gasteiger partial charge on any atom is 0.410 e. The topological polar surface area (TPSA) is 49.8 Å². The highest BCUT2D eigenvalue weighted by molar-refractivity contribution is 5.69. The number of carbonyl (C=O) groups excluding carboxylic acids is 1. The van der Waals surface area contributed by atoms with Crippen molar-refractivity contribution in [3.63, 3.8) is 0 Å². The van der Waals surface area contributed by atoms with Crippen LogP contribution in [0.4, 0.5) is 4.79 Å². The van der Waals surface area contributed by atoms with E-state index in [-0.39, 0.29) is 12.1 Å². The second kappa shape index (κ2) is 5.68. The van der Waals surface area contributed by atoms with Gasteiger partial charge in [0.05, 0.1) is 6.04 Å². The van der Waals surface area contributed by atoms with Gasteiger partial charge in [-0.25, -0.2) is 4.79 Å². The number of rotatable bonds is 1. The van der Waals surface area contributed by atoms with E-state index < -0.39 is 11.2 Å². The van der Waals surface area contributed by atoms with Gasteiger partial charge in [-0.3, -0.25) is 0 Å². The van der Waals surface area contributed by atoms with E-state index in [1.807, 2.05) is 58.0 Å². The summed E-state index contributed by atoms with van der Waals surface area (Å²) < 4.78 is 5.45. The molecule has 2 atom stereocenters. The van der Waals surface area contributed by atoms with Crippen molar-refractivity contribution in [3.05, 3.63) is 35.9 Å². The number of benzene rings is 1. The summed E-state index contributed by atoms with van der Waals surface area (Å²) in [7, 11) is 0. The average molecular weight is 291 g/mol. The number of nitrogens with zero attached hydrogens (tertiary/aromatic N) is 1. The van der Waals surface area contributed by atoms with Gasteiger partial charge in [-0.15, -0.1) is 0 Å². The molecule has 4 nitrogen and oxygen atoms in total. The molecule has 1 amide bonds. The van der Waals surface area contributed by atoms with Gasteiger partial charge >= 0.3 is 6.09 Å². The average Bonchev–Trinajstić information content (AvgIpc) is 2.41. The molecule has 0 aliphatic carbocycles. The molecule has 2 unspecified atom stereocenters. The van der Waals surface area contributed by atoms with Crippen LogP contribution in [0, 0.1) is 0 Å². The molecule has 2 rings (SSSR count). The van der Waals surface area contributed by atoms with Crippen LogP contribution in [0.2, 0.25) is 0 Å². The van der Waals surface area contributed by atoms with Crippen LogP contribution in [0.25, 0.3) is 0 Å². The third-order valence-corrected chi connectivity index (χ3v) is 4.02. The van der Waals surface area contributed by atoms with Crippen LogP contribution in [-0.4, -0.2) is 34.3 Å². The summed E-state index contributed by atoms with van der Waals surface area (Å²) in [6.45, 7) is 8.05. The van der Waals surface area contributed by atoms with Gasteiger partial charge < -0.3 is 14.7 Å². The third-order valence-electron chi connectivity index (χ3n) is 4.02. The van der Waals surface area contributed by atoms with Crippen LogP contribution in [0.1, 0.15) is 46.1 Å². The van der Waals surface area contributed by atoms with Crippen LogP contribution >= 0.6 is 0 Å². The van der Waals surface area contributed by atoms with E-state index >= 15 is 0 Å². The Hall–Kier alpha value is -1.55. The fraction of sp³-hybridized carbons (Fsp3) is 0.588. The number of piperidine rings is 1. The lowest BCUT2D eigenvalue weighted by atomic mass is 9.80. The second-order valence-electron chi connectivity index (χ2n) is 6.74. The Morgan fingerprint density at radius 1 is 1.33 bits per heavy atom. The fourth-order valence-electron chi connectivity index (χ4n) is 2.86.